The van der Waals surface area contributed by atoms with E-state index in [4.69, 9.17) is 5.26 Å². The summed E-state index contributed by atoms with van der Waals surface area (Å²) in [5.41, 5.74) is 2.50. The zero-order chi connectivity index (χ0) is 12.2. The van der Waals surface area contributed by atoms with Gasteiger partial charge in [-0.25, -0.2) is 0 Å². The Hall–Kier alpha value is -1.33. The zero-order valence-electron chi connectivity index (χ0n) is 10.5. The first-order valence-electron chi connectivity index (χ1n) is 5.72. The third kappa shape index (κ3) is 3.08. The second-order valence-corrected chi connectivity index (χ2v) is 4.99. The van der Waals surface area contributed by atoms with E-state index in [1.807, 2.05) is 19.1 Å². The molecule has 1 rings (SSSR count). The van der Waals surface area contributed by atoms with Gasteiger partial charge < -0.3 is 0 Å². The van der Waals surface area contributed by atoms with E-state index < -0.39 is 0 Å². The molecule has 2 heteroatoms. The number of hydrogen-bond donors (Lipinski definition) is 1. The van der Waals surface area contributed by atoms with Crippen molar-refractivity contribution in [2.45, 2.75) is 39.2 Å². The molecule has 0 spiro atoms. The van der Waals surface area contributed by atoms with Crippen LogP contribution < -0.4 is 5.32 Å². The van der Waals surface area contributed by atoms with Gasteiger partial charge in [0.05, 0.1) is 6.07 Å². The van der Waals surface area contributed by atoms with Crippen molar-refractivity contribution >= 4 is 0 Å². The molecule has 1 unspecified atom stereocenters. The van der Waals surface area contributed by atoms with Crippen molar-refractivity contribution in [2.24, 2.45) is 0 Å². The summed E-state index contributed by atoms with van der Waals surface area (Å²) in [6.45, 7) is 9.38. The number of nitrogens with one attached hydrogen (secondary N) is 1. The molecule has 1 N–H and O–H groups in total. The van der Waals surface area contributed by atoms with Gasteiger partial charge in [-0.05, 0) is 23.1 Å². The van der Waals surface area contributed by atoms with Crippen molar-refractivity contribution in [3.8, 4) is 6.07 Å². The highest BCUT2D eigenvalue weighted by Gasteiger charge is 2.14. The lowest BCUT2D eigenvalue weighted by Gasteiger charge is -2.20. The van der Waals surface area contributed by atoms with Crippen molar-refractivity contribution in [1.29, 1.82) is 5.26 Å². The minimum Gasteiger partial charge on any atom is -0.298 e. The molecule has 0 fully saturated rings. The molecule has 0 amide bonds. The number of benzene rings is 1. The van der Waals surface area contributed by atoms with E-state index in [0.717, 1.165) is 12.1 Å². The second-order valence-electron chi connectivity index (χ2n) is 4.99. The Kier molecular flexibility index (Phi) is 4.09. The van der Waals surface area contributed by atoms with Crippen LogP contribution in [0.25, 0.3) is 0 Å². The molecule has 0 saturated heterocycles. The predicted octanol–water partition coefficient (Wildman–Crippen LogP) is 3.16. The van der Waals surface area contributed by atoms with Gasteiger partial charge in [-0.1, -0.05) is 52.0 Å². The molecule has 0 heterocycles. The first kappa shape index (κ1) is 12.7. The topological polar surface area (TPSA) is 35.8 Å². The summed E-state index contributed by atoms with van der Waals surface area (Å²) >= 11 is 0. The quantitative estimate of drug-likeness (QED) is 0.842. The summed E-state index contributed by atoms with van der Waals surface area (Å²) < 4.78 is 0. The lowest BCUT2D eigenvalue weighted by Crippen LogP contribution is -2.19. The first-order chi connectivity index (χ1) is 7.49. The van der Waals surface area contributed by atoms with E-state index in [-0.39, 0.29) is 11.5 Å². The fourth-order valence-corrected chi connectivity index (χ4v) is 1.62. The largest absolute Gasteiger partial charge is 0.298 e. The van der Waals surface area contributed by atoms with Crippen molar-refractivity contribution in [2.75, 3.05) is 6.54 Å². The van der Waals surface area contributed by atoms with E-state index >= 15 is 0 Å². The fourth-order valence-electron chi connectivity index (χ4n) is 1.62. The number of rotatable bonds is 3. The Labute approximate surface area is 98.3 Å². The molecule has 0 aliphatic heterocycles. The molecule has 1 aromatic carbocycles. The third-order valence-corrected chi connectivity index (χ3v) is 2.65. The Balaban J connectivity index is 2.90. The molecule has 16 heavy (non-hydrogen) atoms. The minimum atomic E-state index is -0.195. The highest BCUT2D eigenvalue weighted by molar-refractivity contribution is 5.31. The smallest absolute Gasteiger partial charge is 0.121 e. The first-order valence-corrected chi connectivity index (χ1v) is 5.72. The van der Waals surface area contributed by atoms with Gasteiger partial charge in [0, 0.05) is 0 Å². The third-order valence-electron chi connectivity index (χ3n) is 2.65. The standard InChI is InChI=1S/C14H20N2/c1-5-16-13(10-15)11-6-8-12(9-7-11)14(2,3)4/h6-9,13,16H,5H2,1-4H3. The summed E-state index contributed by atoms with van der Waals surface area (Å²) in [5, 5.41) is 12.2. The van der Waals surface area contributed by atoms with Crippen LogP contribution >= 0.6 is 0 Å². The molecule has 0 saturated carbocycles. The van der Waals surface area contributed by atoms with Gasteiger partial charge >= 0.3 is 0 Å². The lowest BCUT2D eigenvalue weighted by molar-refractivity contribution is 0.588. The molecule has 0 bridgehead atoms. The Morgan fingerprint density at radius 2 is 1.81 bits per heavy atom. The summed E-state index contributed by atoms with van der Waals surface area (Å²) in [6, 6.07) is 10.4. The van der Waals surface area contributed by atoms with E-state index in [9.17, 15) is 0 Å². The predicted molar refractivity (Wildman–Crippen MR) is 67.2 cm³/mol. The number of hydrogen-bond acceptors (Lipinski definition) is 2. The van der Waals surface area contributed by atoms with E-state index in [0.29, 0.717) is 0 Å². The maximum atomic E-state index is 9.03. The van der Waals surface area contributed by atoms with Crippen LogP contribution in [0.15, 0.2) is 24.3 Å². The molecule has 86 valence electrons. The minimum absolute atomic E-state index is 0.166. The summed E-state index contributed by atoms with van der Waals surface area (Å²) in [7, 11) is 0. The van der Waals surface area contributed by atoms with Gasteiger partial charge in [-0.3, -0.25) is 5.32 Å². The lowest BCUT2D eigenvalue weighted by atomic mass is 9.86. The van der Waals surface area contributed by atoms with Gasteiger partial charge in [-0.2, -0.15) is 5.26 Å². The molecule has 0 radical (unpaired) electrons. The molecule has 0 aliphatic carbocycles. The van der Waals surface area contributed by atoms with Crippen molar-refractivity contribution in [3.63, 3.8) is 0 Å². The fraction of sp³-hybridized carbons (Fsp3) is 0.500. The highest BCUT2D eigenvalue weighted by atomic mass is 14.9. The highest BCUT2D eigenvalue weighted by Crippen LogP contribution is 2.23. The van der Waals surface area contributed by atoms with Crippen molar-refractivity contribution in [3.05, 3.63) is 35.4 Å². The summed E-state index contributed by atoms with van der Waals surface area (Å²) in [4.78, 5) is 0. The summed E-state index contributed by atoms with van der Waals surface area (Å²) in [6.07, 6.45) is 0. The Bertz CT molecular complexity index is 365. The zero-order valence-corrected chi connectivity index (χ0v) is 10.5. The molecule has 1 atom stereocenters. The normalized spacial score (nSPS) is 13.2. The van der Waals surface area contributed by atoms with Crippen LogP contribution in [0, 0.1) is 11.3 Å². The maximum Gasteiger partial charge on any atom is 0.121 e. The average Bonchev–Trinajstić information content (AvgIpc) is 2.25. The van der Waals surface area contributed by atoms with Crippen molar-refractivity contribution < 1.29 is 0 Å². The van der Waals surface area contributed by atoms with Crippen LogP contribution in [-0.4, -0.2) is 6.54 Å². The van der Waals surface area contributed by atoms with Crippen LogP contribution in [0.4, 0.5) is 0 Å². The van der Waals surface area contributed by atoms with Gasteiger partial charge in [0.15, 0.2) is 0 Å². The molecule has 0 aromatic heterocycles. The average molecular weight is 216 g/mol. The molecular weight excluding hydrogens is 196 g/mol. The molecular formula is C14H20N2. The summed E-state index contributed by atoms with van der Waals surface area (Å²) in [5.74, 6) is 0. The number of nitrogens with zero attached hydrogens (tertiary/aromatic N) is 1. The van der Waals surface area contributed by atoms with Crippen LogP contribution in [-0.2, 0) is 5.41 Å². The van der Waals surface area contributed by atoms with Crippen molar-refractivity contribution in [1.82, 2.24) is 5.32 Å². The maximum absolute atomic E-state index is 9.03. The van der Waals surface area contributed by atoms with E-state index in [2.05, 4.69) is 44.3 Å². The van der Waals surface area contributed by atoms with Gasteiger partial charge in [0.1, 0.15) is 6.04 Å². The number of nitriles is 1. The van der Waals surface area contributed by atoms with Gasteiger partial charge in [-0.15, -0.1) is 0 Å². The Morgan fingerprint density at radius 3 is 2.19 bits per heavy atom. The van der Waals surface area contributed by atoms with Gasteiger partial charge in [0.25, 0.3) is 0 Å². The molecule has 0 aliphatic rings. The SMILES string of the molecule is CCNC(C#N)c1ccc(C(C)(C)C)cc1. The van der Waals surface area contributed by atoms with Crippen LogP contribution in [0.5, 0.6) is 0 Å². The molecule has 1 aromatic rings. The van der Waals surface area contributed by atoms with Gasteiger partial charge in [0.2, 0.25) is 0 Å². The van der Waals surface area contributed by atoms with Crippen LogP contribution in [0.2, 0.25) is 0 Å². The molecule has 2 nitrogen and oxygen atoms in total. The second kappa shape index (κ2) is 5.14. The monoisotopic (exact) mass is 216 g/mol. The Morgan fingerprint density at radius 1 is 1.25 bits per heavy atom. The van der Waals surface area contributed by atoms with E-state index in [1.165, 1.54) is 5.56 Å². The van der Waals surface area contributed by atoms with Crippen LogP contribution in [0.3, 0.4) is 0 Å². The van der Waals surface area contributed by atoms with E-state index in [1.54, 1.807) is 0 Å². The van der Waals surface area contributed by atoms with Crippen LogP contribution in [0.1, 0.15) is 44.9 Å².